The zero-order valence-corrected chi connectivity index (χ0v) is 20.4. The first-order valence-corrected chi connectivity index (χ1v) is 10.9. The Morgan fingerprint density at radius 2 is 1.84 bits per heavy atom. The Kier molecular flexibility index (Phi) is 9.37. The highest BCUT2D eigenvalue weighted by Crippen LogP contribution is 2.36. The lowest BCUT2D eigenvalue weighted by atomic mass is 10.2. The molecule has 1 heterocycles. The second-order valence-electron chi connectivity index (χ2n) is 7.20. The first kappa shape index (κ1) is 25.2. The number of rotatable bonds is 9. The molecule has 0 saturated heterocycles. The lowest BCUT2D eigenvalue weighted by Crippen LogP contribution is -2.36. The number of carbonyl (C=O) groups is 1. The molecule has 0 radical (unpaired) electrons. The number of methoxy groups -OCH3 is 1. The van der Waals surface area contributed by atoms with Gasteiger partial charge in [-0.2, -0.15) is 0 Å². The normalized spacial score (nSPS) is 10.8. The van der Waals surface area contributed by atoms with E-state index in [1.54, 1.807) is 36.3 Å². The van der Waals surface area contributed by atoms with Crippen LogP contribution in [0.3, 0.4) is 0 Å². The van der Waals surface area contributed by atoms with Gasteiger partial charge in [-0.3, -0.25) is 9.69 Å². The van der Waals surface area contributed by atoms with Crippen LogP contribution in [0.25, 0.3) is 10.2 Å². The van der Waals surface area contributed by atoms with E-state index in [1.165, 1.54) is 11.3 Å². The van der Waals surface area contributed by atoms with E-state index in [0.29, 0.717) is 28.2 Å². The van der Waals surface area contributed by atoms with Crippen LogP contribution < -0.4 is 14.4 Å². The van der Waals surface area contributed by atoms with Gasteiger partial charge in [0, 0.05) is 11.6 Å². The number of ether oxygens (including phenoxy) is 2. The molecule has 0 fully saturated rings. The molecule has 3 rings (SSSR count). The number of thiazole rings is 1. The number of carbonyl (C=O) groups excluding carboxylic acids is 1. The van der Waals surface area contributed by atoms with Crippen LogP contribution in [0.1, 0.15) is 12.0 Å². The van der Waals surface area contributed by atoms with Gasteiger partial charge in [-0.05, 0) is 69.9 Å². The third kappa shape index (κ3) is 6.46. The predicted octanol–water partition coefficient (Wildman–Crippen LogP) is 5.05. The summed E-state index contributed by atoms with van der Waals surface area (Å²) in [5.74, 6) is 1.17. The molecule has 0 bridgehead atoms. The van der Waals surface area contributed by atoms with Crippen molar-refractivity contribution < 1.29 is 14.3 Å². The minimum Gasteiger partial charge on any atom is -0.494 e. The number of aromatic nitrogens is 1. The van der Waals surface area contributed by atoms with Gasteiger partial charge >= 0.3 is 0 Å². The Morgan fingerprint density at radius 3 is 2.48 bits per heavy atom. The van der Waals surface area contributed by atoms with Gasteiger partial charge in [-0.1, -0.05) is 29.0 Å². The molecule has 2 aromatic carbocycles. The van der Waals surface area contributed by atoms with Crippen LogP contribution in [0, 0.1) is 6.92 Å². The lowest BCUT2D eigenvalue weighted by Gasteiger charge is -2.21. The Morgan fingerprint density at radius 1 is 1.13 bits per heavy atom. The number of fused-ring (bicyclic) bond motifs is 1. The zero-order chi connectivity index (χ0) is 21.7. The molecule has 9 heteroatoms. The molecule has 1 amide bonds. The minimum atomic E-state index is -0.139. The molecule has 0 saturated carbocycles. The van der Waals surface area contributed by atoms with Crippen molar-refractivity contribution >= 4 is 56.6 Å². The third-order valence-electron chi connectivity index (χ3n) is 4.61. The number of amides is 1. The van der Waals surface area contributed by atoms with Crippen LogP contribution in [0.15, 0.2) is 36.4 Å². The van der Waals surface area contributed by atoms with Gasteiger partial charge in [-0.15, -0.1) is 12.4 Å². The molecule has 0 unspecified atom stereocenters. The fourth-order valence-corrected chi connectivity index (χ4v) is 4.23. The summed E-state index contributed by atoms with van der Waals surface area (Å²) in [7, 11) is 5.66. The molecule has 168 valence electrons. The molecule has 0 spiro atoms. The lowest BCUT2D eigenvalue weighted by molar-refractivity contribution is -0.120. The summed E-state index contributed by atoms with van der Waals surface area (Å²) < 4.78 is 12.2. The van der Waals surface area contributed by atoms with Gasteiger partial charge in [0.2, 0.25) is 0 Å². The van der Waals surface area contributed by atoms with Crippen molar-refractivity contribution in [1.29, 1.82) is 0 Å². The van der Waals surface area contributed by atoms with Crippen molar-refractivity contribution in [2.75, 3.05) is 45.8 Å². The standard InChI is InChI=1S/C22H26ClN3O3S.ClH/c1-15-6-11-18(28-4)20-21(15)30-22(24-20)26(13-5-12-25(2)3)19(27)14-29-17-9-7-16(23)8-10-17;/h6-11H,5,12-14H2,1-4H3;1H. The van der Waals surface area contributed by atoms with Gasteiger partial charge in [0.25, 0.3) is 5.91 Å². The molecular formula is C22H27Cl2N3O3S. The van der Waals surface area contributed by atoms with E-state index in [2.05, 4.69) is 4.90 Å². The molecule has 6 nitrogen and oxygen atoms in total. The number of nitrogens with zero attached hydrogens (tertiary/aromatic N) is 3. The van der Waals surface area contributed by atoms with Crippen molar-refractivity contribution in [2.24, 2.45) is 0 Å². The largest absolute Gasteiger partial charge is 0.494 e. The summed E-state index contributed by atoms with van der Waals surface area (Å²) in [6.45, 7) is 3.39. The molecule has 0 N–H and O–H groups in total. The molecular weight excluding hydrogens is 457 g/mol. The summed E-state index contributed by atoms with van der Waals surface area (Å²) in [5.41, 5.74) is 1.88. The van der Waals surface area contributed by atoms with E-state index < -0.39 is 0 Å². The van der Waals surface area contributed by atoms with Crippen LogP contribution in [-0.4, -0.2) is 56.7 Å². The van der Waals surface area contributed by atoms with Gasteiger partial charge in [0.05, 0.1) is 11.8 Å². The summed E-state index contributed by atoms with van der Waals surface area (Å²) in [4.78, 5) is 21.6. The number of halogens is 2. The number of benzene rings is 2. The fraction of sp³-hybridized carbons (Fsp3) is 0.364. The van der Waals surface area contributed by atoms with Gasteiger partial charge < -0.3 is 14.4 Å². The zero-order valence-electron chi connectivity index (χ0n) is 18.1. The SMILES string of the molecule is COc1ccc(C)c2sc(N(CCCN(C)C)C(=O)COc3ccc(Cl)cc3)nc12.Cl. The van der Waals surface area contributed by atoms with Crippen molar-refractivity contribution in [3.05, 3.63) is 47.0 Å². The van der Waals surface area contributed by atoms with Crippen molar-refractivity contribution in [3.63, 3.8) is 0 Å². The summed E-state index contributed by atoms with van der Waals surface area (Å²) in [5, 5.41) is 1.28. The first-order chi connectivity index (χ1) is 14.4. The summed E-state index contributed by atoms with van der Waals surface area (Å²) in [6, 6.07) is 10.9. The van der Waals surface area contributed by atoms with E-state index in [1.807, 2.05) is 33.2 Å². The molecule has 1 aromatic heterocycles. The predicted molar refractivity (Wildman–Crippen MR) is 131 cm³/mol. The highest BCUT2D eigenvalue weighted by Gasteiger charge is 2.22. The number of anilines is 1. The van der Waals surface area contributed by atoms with Gasteiger partial charge in [0.15, 0.2) is 11.7 Å². The maximum atomic E-state index is 13.1. The van der Waals surface area contributed by atoms with Crippen molar-refractivity contribution in [3.8, 4) is 11.5 Å². The van der Waals surface area contributed by atoms with Crippen LogP contribution >= 0.6 is 35.3 Å². The maximum absolute atomic E-state index is 13.1. The number of hydrogen-bond donors (Lipinski definition) is 0. The smallest absolute Gasteiger partial charge is 0.266 e. The highest BCUT2D eigenvalue weighted by atomic mass is 35.5. The minimum absolute atomic E-state index is 0. The second kappa shape index (κ2) is 11.5. The molecule has 0 atom stereocenters. The number of aryl methyl sites for hydroxylation is 1. The Labute approximate surface area is 198 Å². The van der Waals surface area contributed by atoms with Crippen LogP contribution in [0.4, 0.5) is 5.13 Å². The third-order valence-corrected chi connectivity index (χ3v) is 6.07. The van der Waals surface area contributed by atoms with Gasteiger partial charge in [-0.25, -0.2) is 4.98 Å². The van der Waals surface area contributed by atoms with E-state index >= 15 is 0 Å². The summed E-state index contributed by atoms with van der Waals surface area (Å²) in [6.07, 6.45) is 0.825. The van der Waals surface area contributed by atoms with E-state index in [9.17, 15) is 4.79 Å². The van der Waals surface area contributed by atoms with Crippen LogP contribution in [-0.2, 0) is 4.79 Å². The fourth-order valence-electron chi connectivity index (χ4n) is 3.00. The molecule has 0 aliphatic carbocycles. The number of hydrogen-bond acceptors (Lipinski definition) is 6. The monoisotopic (exact) mass is 483 g/mol. The Hall–Kier alpha value is -2.06. The maximum Gasteiger partial charge on any atom is 0.266 e. The highest BCUT2D eigenvalue weighted by molar-refractivity contribution is 7.22. The molecule has 31 heavy (non-hydrogen) atoms. The first-order valence-electron chi connectivity index (χ1n) is 9.66. The van der Waals surface area contributed by atoms with Gasteiger partial charge in [0.1, 0.15) is 17.0 Å². The average Bonchev–Trinajstić information content (AvgIpc) is 3.16. The summed E-state index contributed by atoms with van der Waals surface area (Å²) >= 11 is 7.41. The molecule has 3 aromatic rings. The van der Waals surface area contributed by atoms with E-state index in [-0.39, 0.29) is 24.9 Å². The quantitative estimate of drug-likeness (QED) is 0.426. The molecule has 0 aliphatic rings. The van der Waals surface area contributed by atoms with Crippen molar-refractivity contribution in [1.82, 2.24) is 9.88 Å². The van der Waals surface area contributed by atoms with Crippen LogP contribution in [0.5, 0.6) is 11.5 Å². The second-order valence-corrected chi connectivity index (χ2v) is 8.62. The topological polar surface area (TPSA) is 54.9 Å². The van der Waals surface area contributed by atoms with E-state index in [4.69, 9.17) is 26.1 Å². The van der Waals surface area contributed by atoms with Crippen LogP contribution in [0.2, 0.25) is 5.02 Å². The van der Waals surface area contributed by atoms with E-state index in [0.717, 1.165) is 28.7 Å². The average molecular weight is 484 g/mol. The Bertz CT molecular complexity index is 1010. The molecule has 0 aliphatic heterocycles. The van der Waals surface area contributed by atoms with Crippen molar-refractivity contribution in [2.45, 2.75) is 13.3 Å². The Balaban J connectivity index is 0.00000341.